The predicted octanol–water partition coefficient (Wildman–Crippen LogP) is 5.45. The zero-order valence-corrected chi connectivity index (χ0v) is 23.8. The molecule has 0 aliphatic heterocycles. The smallest absolute Gasteiger partial charge is 0.241 e. The molecule has 0 radical (unpaired) electrons. The highest BCUT2D eigenvalue weighted by molar-refractivity contribution is 5.97. The monoisotopic (exact) mass is 578 g/mol. The number of fused-ring (bicyclic) bond motifs is 1. The number of anilines is 1. The molecule has 0 aliphatic rings. The van der Waals surface area contributed by atoms with Crippen molar-refractivity contribution >= 4 is 34.9 Å². The number of para-hydroxylation sites is 1. The molecule has 1 amide bonds. The second kappa shape index (κ2) is 12.7. The molecule has 5 rings (SSSR count). The fourth-order valence-corrected chi connectivity index (χ4v) is 4.64. The number of hydrogen-bond donors (Lipinski definition) is 3. The molecule has 0 saturated carbocycles. The Kier molecular flexibility index (Phi) is 9.06. The van der Waals surface area contributed by atoms with Crippen LogP contribution in [0.3, 0.4) is 0 Å². The average molecular weight is 579 g/mol. The first-order chi connectivity index (χ1) is 19.4. The van der Waals surface area contributed by atoms with Crippen molar-refractivity contribution in [2.75, 3.05) is 33.8 Å². The zero-order chi connectivity index (χ0) is 28.2. The maximum absolute atomic E-state index is 13.1. The number of benzene rings is 3. The van der Waals surface area contributed by atoms with Crippen molar-refractivity contribution in [3.8, 4) is 45.4 Å². The molecule has 4 N–H and O–H groups in total. The minimum atomic E-state index is -0.785. The van der Waals surface area contributed by atoms with E-state index in [4.69, 9.17) is 29.2 Å². The second-order valence-corrected chi connectivity index (χ2v) is 9.09. The molecule has 2 aromatic heterocycles. The van der Waals surface area contributed by atoms with Crippen LogP contribution >= 0.6 is 12.4 Å². The highest BCUT2D eigenvalue weighted by atomic mass is 35.5. The van der Waals surface area contributed by atoms with Gasteiger partial charge in [-0.05, 0) is 47.3 Å². The summed E-state index contributed by atoms with van der Waals surface area (Å²) >= 11 is 0. The van der Waals surface area contributed by atoms with Gasteiger partial charge in [0.05, 0.1) is 40.2 Å². The second-order valence-electron chi connectivity index (χ2n) is 9.09. The summed E-state index contributed by atoms with van der Waals surface area (Å²) in [5.41, 5.74) is 11.3. The molecule has 41 heavy (non-hydrogen) atoms. The molecule has 0 aliphatic carbocycles. The van der Waals surface area contributed by atoms with E-state index in [0.29, 0.717) is 51.9 Å². The zero-order valence-electron chi connectivity index (χ0n) is 23.0. The fraction of sp³-hybridized carbons (Fsp3) is 0.200. The Morgan fingerprint density at radius 2 is 1.63 bits per heavy atom. The summed E-state index contributed by atoms with van der Waals surface area (Å²) < 4.78 is 27.3. The van der Waals surface area contributed by atoms with Crippen molar-refractivity contribution in [3.63, 3.8) is 0 Å². The van der Waals surface area contributed by atoms with Crippen LogP contribution in [0.4, 0.5) is 5.69 Å². The molecule has 0 fully saturated rings. The number of aromatic nitrogens is 2. The first-order valence-corrected chi connectivity index (χ1v) is 12.5. The summed E-state index contributed by atoms with van der Waals surface area (Å²) in [5, 5.41) is 8.21. The molecule has 214 valence electrons. The summed E-state index contributed by atoms with van der Waals surface area (Å²) in [6.45, 7) is 0. The van der Waals surface area contributed by atoms with Gasteiger partial charge in [-0.15, -0.1) is 12.4 Å². The van der Waals surface area contributed by atoms with Gasteiger partial charge in [0.1, 0.15) is 17.7 Å². The van der Waals surface area contributed by atoms with Crippen molar-refractivity contribution in [3.05, 3.63) is 72.6 Å². The van der Waals surface area contributed by atoms with Crippen molar-refractivity contribution in [2.24, 2.45) is 5.73 Å². The first kappa shape index (κ1) is 29.3. The number of carbonyl (C=O) groups excluding carboxylic acids is 1. The molecular formula is C30H31ClN4O6. The van der Waals surface area contributed by atoms with Crippen LogP contribution in [0.1, 0.15) is 5.69 Å². The number of H-pyrrole nitrogens is 1. The van der Waals surface area contributed by atoms with E-state index >= 15 is 0 Å². The molecule has 10 nitrogen and oxygen atoms in total. The molecule has 0 saturated heterocycles. The fourth-order valence-electron chi connectivity index (χ4n) is 4.64. The Balaban J connectivity index is 0.00000387. The van der Waals surface area contributed by atoms with Crippen molar-refractivity contribution in [1.82, 2.24) is 10.1 Å². The Labute approximate surface area is 243 Å². The van der Waals surface area contributed by atoms with Crippen LogP contribution in [0.5, 0.6) is 23.0 Å². The summed E-state index contributed by atoms with van der Waals surface area (Å²) in [6, 6.07) is 18.1. The number of carbonyl (C=O) groups is 1. The first-order valence-electron chi connectivity index (χ1n) is 12.5. The number of ether oxygens (including phenoxy) is 4. The quantitative estimate of drug-likeness (QED) is 0.199. The van der Waals surface area contributed by atoms with Crippen LogP contribution in [-0.4, -0.2) is 50.5 Å². The van der Waals surface area contributed by atoms with Crippen LogP contribution in [0.2, 0.25) is 0 Å². The Bertz CT molecular complexity index is 1610. The van der Waals surface area contributed by atoms with Gasteiger partial charge in [-0.3, -0.25) is 4.79 Å². The maximum Gasteiger partial charge on any atom is 0.241 e. The topological polar surface area (TPSA) is 134 Å². The molecule has 0 spiro atoms. The molecule has 3 aromatic carbocycles. The van der Waals surface area contributed by atoms with E-state index in [0.717, 1.165) is 22.2 Å². The number of nitrogens with two attached hydrogens (primary N) is 1. The van der Waals surface area contributed by atoms with Crippen LogP contribution in [0.25, 0.3) is 33.3 Å². The number of halogens is 1. The van der Waals surface area contributed by atoms with Gasteiger partial charge in [0.2, 0.25) is 11.7 Å². The van der Waals surface area contributed by atoms with Gasteiger partial charge in [-0.25, -0.2) is 0 Å². The average Bonchev–Trinajstić information content (AvgIpc) is 3.63. The maximum atomic E-state index is 13.1. The number of amides is 1. The summed E-state index contributed by atoms with van der Waals surface area (Å²) in [6.07, 6.45) is 1.88. The lowest BCUT2D eigenvalue weighted by molar-refractivity contribution is -0.117. The highest BCUT2D eigenvalue weighted by Crippen LogP contribution is 2.43. The number of nitrogens with zero attached hydrogens (tertiary/aromatic N) is 1. The largest absolute Gasteiger partial charge is 0.495 e. The Hall–Kier alpha value is -4.67. The summed E-state index contributed by atoms with van der Waals surface area (Å²) in [5.74, 6) is 1.58. The van der Waals surface area contributed by atoms with E-state index in [2.05, 4.69) is 15.5 Å². The third-order valence-corrected chi connectivity index (χ3v) is 6.64. The molecule has 2 heterocycles. The third-order valence-electron chi connectivity index (χ3n) is 6.64. The van der Waals surface area contributed by atoms with Crippen molar-refractivity contribution < 1.29 is 28.3 Å². The van der Waals surface area contributed by atoms with Crippen LogP contribution < -0.4 is 30.0 Å². The third kappa shape index (κ3) is 5.93. The normalized spacial score (nSPS) is 11.4. The lowest BCUT2D eigenvalue weighted by atomic mass is 10.00. The highest BCUT2D eigenvalue weighted by Gasteiger charge is 2.21. The van der Waals surface area contributed by atoms with Crippen LogP contribution in [0.15, 0.2) is 71.4 Å². The molecule has 11 heteroatoms. The van der Waals surface area contributed by atoms with Gasteiger partial charge >= 0.3 is 0 Å². The number of rotatable bonds is 10. The van der Waals surface area contributed by atoms with Crippen molar-refractivity contribution in [1.29, 1.82) is 0 Å². The lowest BCUT2D eigenvalue weighted by Gasteiger charge is -2.16. The van der Waals surface area contributed by atoms with Crippen LogP contribution in [0, 0.1) is 0 Å². The van der Waals surface area contributed by atoms with Gasteiger partial charge in [0.25, 0.3) is 0 Å². The van der Waals surface area contributed by atoms with Gasteiger partial charge in [0, 0.05) is 28.8 Å². The lowest BCUT2D eigenvalue weighted by Crippen LogP contribution is -2.37. The molecule has 1 unspecified atom stereocenters. The van der Waals surface area contributed by atoms with E-state index in [-0.39, 0.29) is 18.3 Å². The molecular weight excluding hydrogens is 548 g/mol. The SMILES string of the molecule is COc1ccc(-c2conc2-c2cc(OC)c(OC)c(OC)c2)cc1NC(=O)C(N)Cc1cc2ccccc2[nH]1.Cl. The summed E-state index contributed by atoms with van der Waals surface area (Å²) in [7, 11) is 6.18. The molecule has 0 bridgehead atoms. The number of nitrogens with one attached hydrogen (secondary N) is 2. The van der Waals surface area contributed by atoms with Gasteiger partial charge < -0.3 is 39.5 Å². The van der Waals surface area contributed by atoms with Crippen LogP contribution in [-0.2, 0) is 11.2 Å². The Morgan fingerprint density at radius 3 is 2.29 bits per heavy atom. The minimum Gasteiger partial charge on any atom is -0.495 e. The number of aromatic amines is 1. The van der Waals surface area contributed by atoms with E-state index in [1.54, 1.807) is 45.6 Å². The standard InChI is InChI=1S/C30H30N4O6.ClH/c1-36-25-10-9-17(21-16-40-34-28(21)19-13-26(37-2)29(39-4)27(14-19)38-3)12-24(25)33-30(35)22(31)15-20-11-18-7-5-6-8-23(18)32-20;/h5-14,16,22,32H,15,31H2,1-4H3,(H,33,35);1H. The minimum absolute atomic E-state index is 0. The number of methoxy groups -OCH3 is 4. The van der Waals surface area contributed by atoms with Gasteiger partial charge in [-0.1, -0.05) is 29.4 Å². The van der Waals surface area contributed by atoms with E-state index in [1.165, 1.54) is 13.4 Å². The predicted molar refractivity (Wildman–Crippen MR) is 159 cm³/mol. The van der Waals surface area contributed by atoms with E-state index in [1.807, 2.05) is 36.4 Å². The van der Waals surface area contributed by atoms with Gasteiger partial charge in [0.15, 0.2) is 11.5 Å². The summed E-state index contributed by atoms with van der Waals surface area (Å²) in [4.78, 5) is 16.4. The molecule has 1 atom stereocenters. The Morgan fingerprint density at radius 1 is 0.927 bits per heavy atom. The molecule has 5 aromatic rings. The van der Waals surface area contributed by atoms with E-state index in [9.17, 15) is 4.79 Å². The van der Waals surface area contributed by atoms with E-state index < -0.39 is 6.04 Å². The number of hydrogen-bond acceptors (Lipinski definition) is 8. The van der Waals surface area contributed by atoms with Crippen molar-refractivity contribution in [2.45, 2.75) is 12.5 Å². The van der Waals surface area contributed by atoms with Gasteiger partial charge in [-0.2, -0.15) is 0 Å².